The molecule has 0 saturated carbocycles. The molecular formula is C31H55N2O6+. The molecule has 0 bridgehead atoms. The molecule has 1 rings (SSSR count). The van der Waals surface area contributed by atoms with Crippen LogP contribution in [-0.2, 0) is 25.5 Å². The number of alkyl carbamates (subject to hydrolysis) is 1. The molecule has 0 saturated heterocycles. The fourth-order valence-electron chi connectivity index (χ4n) is 4.36. The maximum absolute atomic E-state index is 12.0. The highest BCUT2D eigenvalue weighted by atomic mass is 16.7. The first-order valence-corrected chi connectivity index (χ1v) is 15.3. The highest BCUT2D eigenvalue weighted by Gasteiger charge is 2.18. The molecule has 8 nitrogen and oxygen atoms in total. The van der Waals surface area contributed by atoms with E-state index in [-0.39, 0.29) is 13.2 Å². The SMILES string of the molecule is CCCCCCCCCCCCCCCCCCOCC(COC(=O)NCC[n+]1ccccc1)OC(=O)OC. The van der Waals surface area contributed by atoms with E-state index in [1.165, 1.54) is 97.0 Å². The maximum Gasteiger partial charge on any atom is 0.508 e. The van der Waals surface area contributed by atoms with Crippen LogP contribution in [0.2, 0.25) is 0 Å². The highest BCUT2D eigenvalue weighted by Crippen LogP contribution is 2.13. The minimum Gasteiger partial charge on any atom is -0.446 e. The van der Waals surface area contributed by atoms with Crippen molar-refractivity contribution in [3.05, 3.63) is 30.6 Å². The molecule has 1 heterocycles. The number of methoxy groups -OCH3 is 1. The first-order chi connectivity index (χ1) is 19.2. The van der Waals surface area contributed by atoms with Crippen LogP contribution in [0.4, 0.5) is 9.59 Å². The van der Waals surface area contributed by atoms with Gasteiger partial charge in [-0.2, -0.15) is 0 Å². The van der Waals surface area contributed by atoms with Gasteiger partial charge >= 0.3 is 12.2 Å². The van der Waals surface area contributed by atoms with Gasteiger partial charge in [0.25, 0.3) is 0 Å². The number of amides is 1. The summed E-state index contributed by atoms with van der Waals surface area (Å²) in [5.74, 6) is 0. The van der Waals surface area contributed by atoms with Crippen LogP contribution in [0, 0.1) is 0 Å². The number of hydrogen-bond donors (Lipinski definition) is 1. The Balaban J connectivity index is 1.99. The Hall–Kier alpha value is -2.35. The lowest BCUT2D eigenvalue weighted by Gasteiger charge is -2.17. The Morgan fingerprint density at radius 1 is 0.744 bits per heavy atom. The fraction of sp³-hybridized carbons (Fsp3) is 0.774. The number of hydrogen-bond acceptors (Lipinski definition) is 6. The number of ether oxygens (including phenoxy) is 4. The summed E-state index contributed by atoms with van der Waals surface area (Å²) >= 11 is 0. The molecule has 0 aliphatic heterocycles. The zero-order chi connectivity index (χ0) is 28.2. The lowest BCUT2D eigenvalue weighted by Crippen LogP contribution is -2.40. The van der Waals surface area contributed by atoms with Crippen LogP contribution in [0.15, 0.2) is 30.6 Å². The zero-order valence-corrected chi connectivity index (χ0v) is 24.7. The molecule has 1 aromatic rings. The van der Waals surface area contributed by atoms with Crippen molar-refractivity contribution in [1.29, 1.82) is 0 Å². The zero-order valence-electron chi connectivity index (χ0n) is 24.7. The molecule has 0 aliphatic carbocycles. The summed E-state index contributed by atoms with van der Waals surface area (Å²) in [5.41, 5.74) is 0. The van der Waals surface area contributed by atoms with Crippen LogP contribution >= 0.6 is 0 Å². The van der Waals surface area contributed by atoms with Crippen molar-refractivity contribution in [3.63, 3.8) is 0 Å². The molecule has 0 fully saturated rings. The maximum atomic E-state index is 12.0. The number of rotatable bonds is 25. The predicted molar refractivity (Wildman–Crippen MR) is 154 cm³/mol. The Kier molecular flexibility index (Phi) is 23.0. The Morgan fingerprint density at radius 2 is 1.28 bits per heavy atom. The molecule has 224 valence electrons. The molecule has 0 aromatic carbocycles. The van der Waals surface area contributed by atoms with Gasteiger partial charge in [-0.3, -0.25) is 0 Å². The first kappa shape index (κ1) is 34.7. The van der Waals surface area contributed by atoms with Crippen LogP contribution < -0.4 is 9.88 Å². The lowest BCUT2D eigenvalue weighted by molar-refractivity contribution is -0.694. The Morgan fingerprint density at radius 3 is 1.82 bits per heavy atom. The topological polar surface area (TPSA) is 87.0 Å². The normalized spacial score (nSPS) is 11.6. The van der Waals surface area contributed by atoms with Crippen LogP contribution in [0.1, 0.15) is 110 Å². The monoisotopic (exact) mass is 551 g/mol. The smallest absolute Gasteiger partial charge is 0.446 e. The van der Waals surface area contributed by atoms with E-state index >= 15 is 0 Å². The van der Waals surface area contributed by atoms with Crippen LogP contribution in [-0.4, -0.2) is 51.8 Å². The summed E-state index contributed by atoms with van der Waals surface area (Å²) < 4.78 is 22.6. The van der Waals surface area contributed by atoms with Crippen molar-refractivity contribution >= 4 is 12.2 Å². The predicted octanol–water partition coefficient (Wildman–Crippen LogP) is 7.13. The van der Waals surface area contributed by atoms with Crippen molar-refractivity contribution in [1.82, 2.24) is 5.32 Å². The minimum atomic E-state index is -0.824. The van der Waals surface area contributed by atoms with Gasteiger partial charge in [-0.05, 0) is 6.42 Å². The molecular weight excluding hydrogens is 496 g/mol. The van der Waals surface area contributed by atoms with Crippen molar-refractivity contribution in [2.24, 2.45) is 0 Å². The van der Waals surface area contributed by atoms with E-state index in [9.17, 15) is 9.59 Å². The van der Waals surface area contributed by atoms with Gasteiger partial charge in [0.2, 0.25) is 0 Å². The first-order valence-electron chi connectivity index (χ1n) is 15.3. The van der Waals surface area contributed by atoms with E-state index < -0.39 is 18.4 Å². The summed E-state index contributed by atoms with van der Waals surface area (Å²) in [6.07, 6.45) is 22.9. The van der Waals surface area contributed by atoms with Gasteiger partial charge < -0.3 is 24.3 Å². The summed E-state index contributed by atoms with van der Waals surface area (Å²) in [4.78, 5) is 23.5. The summed E-state index contributed by atoms with van der Waals surface area (Å²) in [5, 5.41) is 2.69. The molecule has 1 unspecified atom stereocenters. The molecule has 8 heteroatoms. The number of nitrogens with one attached hydrogen (secondary N) is 1. The molecule has 0 spiro atoms. The number of nitrogens with zero attached hydrogens (tertiary/aromatic N) is 1. The van der Waals surface area contributed by atoms with E-state index in [1.807, 2.05) is 35.2 Å². The van der Waals surface area contributed by atoms with Crippen molar-refractivity contribution in [2.75, 3.05) is 33.5 Å². The molecule has 1 N–H and O–H groups in total. The average molecular weight is 552 g/mol. The van der Waals surface area contributed by atoms with Gasteiger partial charge in [0, 0.05) is 18.7 Å². The van der Waals surface area contributed by atoms with E-state index in [1.54, 1.807) is 0 Å². The average Bonchev–Trinajstić information content (AvgIpc) is 2.95. The second-order valence-electron chi connectivity index (χ2n) is 10.2. The number of pyridine rings is 1. The Bertz CT molecular complexity index is 704. The number of carbonyl (C=O) groups excluding carboxylic acids is 2. The molecule has 1 atom stereocenters. The summed E-state index contributed by atoms with van der Waals surface area (Å²) in [6.45, 7) is 3.96. The van der Waals surface area contributed by atoms with Gasteiger partial charge in [-0.25, -0.2) is 14.2 Å². The molecule has 1 amide bonds. The molecule has 0 radical (unpaired) electrons. The van der Waals surface area contributed by atoms with Gasteiger partial charge in [-0.15, -0.1) is 0 Å². The third-order valence-corrected chi connectivity index (χ3v) is 6.69. The molecule has 1 aromatic heterocycles. The number of aromatic nitrogens is 1. The largest absolute Gasteiger partial charge is 0.508 e. The minimum absolute atomic E-state index is 0.0988. The third-order valence-electron chi connectivity index (χ3n) is 6.69. The summed E-state index contributed by atoms with van der Waals surface area (Å²) in [7, 11) is 1.24. The van der Waals surface area contributed by atoms with Gasteiger partial charge in [0.05, 0.1) is 20.3 Å². The van der Waals surface area contributed by atoms with Crippen molar-refractivity contribution in [3.8, 4) is 0 Å². The van der Waals surface area contributed by atoms with Gasteiger partial charge in [0.1, 0.15) is 6.61 Å². The molecule has 0 aliphatic rings. The van der Waals surface area contributed by atoms with Crippen LogP contribution in [0.5, 0.6) is 0 Å². The summed E-state index contributed by atoms with van der Waals surface area (Å²) in [6, 6.07) is 5.78. The van der Waals surface area contributed by atoms with E-state index in [0.717, 1.165) is 12.8 Å². The second kappa shape index (κ2) is 25.9. The number of carbonyl (C=O) groups is 2. The second-order valence-corrected chi connectivity index (χ2v) is 10.2. The fourth-order valence-corrected chi connectivity index (χ4v) is 4.36. The third kappa shape index (κ3) is 22.2. The highest BCUT2D eigenvalue weighted by molar-refractivity contribution is 5.67. The number of unbranched alkanes of at least 4 members (excludes halogenated alkanes) is 15. The quantitative estimate of drug-likeness (QED) is 0.0790. The van der Waals surface area contributed by atoms with Gasteiger partial charge in [-0.1, -0.05) is 109 Å². The van der Waals surface area contributed by atoms with Crippen LogP contribution in [0.25, 0.3) is 0 Å². The van der Waals surface area contributed by atoms with E-state index in [4.69, 9.17) is 14.2 Å². The Labute approximate surface area is 237 Å². The van der Waals surface area contributed by atoms with E-state index in [0.29, 0.717) is 19.7 Å². The lowest BCUT2D eigenvalue weighted by atomic mass is 10.0. The molecule has 39 heavy (non-hydrogen) atoms. The standard InChI is InChI=1S/C31H54N2O6/c1-3-4-5-6-7-8-9-10-11-12-13-14-15-16-17-21-26-37-27-29(39-31(35)36-2)28-38-30(34)32-22-25-33-23-19-18-20-24-33/h18-20,23-24,29H,3-17,21-22,25-28H2,1-2H3/p+1. The van der Waals surface area contributed by atoms with Crippen LogP contribution in [0.3, 0.4) is 0 Å². The van der Waals surface area contributed by atoms with Crippen molar-refractivity contribution < 1.29 is 33.1 Å². The van der Waals surface area contributed by atoms with Gasteiger partial charge in [0.15, 0.2) is 25.0 Å². The van der Waals surface area contributed by atoms with E-state index in [2.05, 4.69) is 17.0 Å². The van der Waals surface area contributed by atoms with Crippen molar-refractivity contribution in [2.45, 2.75) is 122 Å².